The Hall–Kier alpha value is -5.67. The molecular formula is C45H40N8O2Zn. The van der Waals surface area contributed by atoms with Crippen molar-refractivity contribution in [1.82, 2.24) is 39.9 Å². The van der Waals surface area contributed by atoms with Crippen LogP contribution in [0.1, 0.15) is 89.4 Å². The van der Waals surface area contributed by atoms with Gasteiger partial charge in [-0.25, -0.2) is 14.8 Å². The van der Waals surface area contributed by atoms with E-state index >= 15 is 0 Å². The number of hydrogen-bond donors (Lipinski definition) is 1. The summed E-state index contributed by atoms with van der Waals surface area (Å²) in [5, 5.41) is 13.4. The Bertz CT molecular complexity index is 2980. The average molecular weight is 790 g/mol. The third-order valence-electron chi connectivity index (χ3n) is 10.5. The van der Waals surface area contributed by atoms with Crippen LogP contribution in [0.15, 0.2) is 72.8 Å². The summed E-state index contributed by atoms with van der Waals surface area (Å²) >= 11 is 0. The fraction of sp³-hybridized carbons (Fsp3) is 0.267. The van der Waals surface area contributed by atoms with E-state index in [-0.39, 0.29) is 41.3 Å². The molecule has 0 radical (unpaired) electrons. The Morgan fingerprint density at radius 3 is 1.48 bits per heavy atom. The smallest absolute Gasteiger partial charge is 0.478 e. The number of aromatic carboxylic acids is 1. The molecule has 0 saturated carbocycles. The van der Waals surface area contributed by atoms with E-state index in [0.717, 1.165) is 49.4 Å². The van der Waals surface area contributed by atoms with Crippen molar-refractivity contribution < 1.29 is 29.4 Å². The summed E-state index contributed by atoms with van der Waals surface area (Å²) in [4.78, 5) is 53.3. The second kappa shape index (κ2) is 12.7. The van der Waals surface area contributed by atoms with Gasteiger partial charge in [0.15, 0.2) is 0 Å². The molecule has 0 spiro atoms. The molecule has 4 aromatic carbocycles. The predicted octanol–water partition coefficient (Wildman–Crippen LogP) is 9.72. The van der Waals surface area contributed by atoms with Gasteiger partial charge in [0.2, 0.25) is 0 Å². The molecule has 8 bridgehead atoms. The first kappa shape index (κ1) is 37.3. The molecule has 9 rings (SSSR count). The van der Waals surface area contributed by atoms with Crippen LogP contribution in [0, 0.1) is 0 Å². The first-order valence-electron chi connectivity index (χ1n) is 18.5. The fourth-order valence-corrected chi connectivity index (χ4v) is 7.81. The molecule has 274 valence electrons. The zero-order chi connectivity index (χ0) is 38.8. The number of carboxylic acids is 1. The summed E-state index contributed by atoms with van der Waals surface area (Å²) in [6.07, 6.45) is 0. The van der Waals surface area contributed by atoms with E-state index in [2.05, 4.69) is 92.6 Å². The second-order valence-corrected chi connectivity index (χ2v) is 17.5. The van der Waals surface area contributed by atoms with E-state index in [1.807, 2.05) is 24.3 Å². The van der Waals surface area contributed by atoms with Gasteiger partial charge in [0.1, 0.15) is 0 Å². The number of carbonyl (C=O) groups is 1. The number of nitrogens with zero attached hydrogens (tertiary/aromatic N) is 8. The van der Waals surface area contributed by atoms with E-state index in [9.17, 15) is 9.90 Å². The van der Waals surface area contributed by atoms with Crippen LogP contribution in [0.4, 0.5) is 0 Å². The molecule has 11 heteroatoms. The van der Waals surface area contributed by atoms with Gasteiger partial charge in [-0.2, -0.15) is 0 Å². The summed E-state index contributed by atoms with van der Waals surface area (Å²) in [5.74, 6) is 0.657. The van der Waals surface area contributed by atoms with Crippen molar-refractivity contribution in [3.05, 3.63) is 95.1 Å². The van der Waals surface area contributed by atoms with Gasteiger partial charge >= 0.3 is 25.4 Å². The van der Waals surface area contributed by atoms with Crippen LogP contribution in [-0.4, -0.2) is 41.0 Å². The van der Waals surface area contributed by atoms with Gasteiger partial charge in [-0.15, -0.1) is 0 Å². The molecule has 56 heavy (non-hydrogen) atoms. The molecule has 2 aliphatic rings. The van der Waals surface area contributed by atoms with Crippen molar-refractivity contribution in [3.8, 4) is 45.6 Å². The van der Waals surface area contributed by atoms with E-state index in [4.69, 9.17) is 39.9 Å². The quantitative estimate of drug-likeness (QED) is 0.160. The molecule has 0 unspecified atom stereocenters. The molecule has 0 amide bonds. The Kier molecular flexibility index (Phi) is 8.44. The van der Waals surface area contributed by atoms with Crippen molar-refractivity contribution in [2.45, 2.75) is 78.6 Å². The minimum absolute atomic E-state index is 0. The van der Waals surface area contributed by atoms with Crippen molar-refractivity contribution in [1.29, 1.82) is 0 Å². The summed E-state index contributed by atoms with van der Waals surface area (Å²) in [6, 6.07) is 23.4. The molecular weight excluding hydrogens is 750 g/mol. The van der Waals surface area contributed by atoms with Crippen LogP contribution < -0.4 is 9.97 Å². The fourth-order valence-electron chi connectivity index (χ4n) is 7.81. The largest absolute Gasteiger partial charge is 2.00 e. The first-order chi connectivity index (χ1) is 26.0. The van der Waals surface area contributed by atoms with Crippen LogP contribution >= 0.6 is 0 Å². The summed E-state index contributed by atoms with van der Waals surface area (Å²) in [6.45, 7) is 19.6. The molecule has 10 nitrogen and oxygen atoms in total. The van der Waals surface area contributed by atoms with E-state index in [0.29, 0.717) is 57.0 Å². The number of carboxylic acid groups (broad SMARTS) is 1. The van der Waals surface area contributed by atoms with Crippen molar-refractivity contribution in [3.63, 3.8) is 0 Å². The topological polar surface area (TPSA) is 143 Å². The third-order valence-corrected chi connectivity index (χ3v) is 10.5. The molecule has 0 atom stereocenters. The SMILES string of the molecule is CC(C)(C)c1cccc2c1-c1nc-2nc2[n-]c(nc3nc(nc4[n-]c(n1)c1c(C(C)(C)C)cccc41)-c1cc(C(=O)O)ccc1-3)c1cccc(C(C)(C)C)c21.[Zn+2]. The van der Waals surface area contributed by atoms with Gasteiger partial charge in [0.05, 0.1) is 28.9 Å². The zero-order valence-electron chi connectivity index (χ0n) is 33.1. The normalized spacial score (nSPS) is 12.7. The summed E-state index contributed by atoms with van der Waals surface area (Å²) in [5.41, 5.74) is 7.44. The molecule has 3 aromatic heterocycles. The number of hydrogen-bond acceptors (Lipinski definition) is 7. The third kappa shape index (κ3) is 5.91. The van der Waals surface area contributed by atoms with Gasteiger partial charge in [-0.3, -0.25) is 0 Å². The maximum atomic E-state index is 12.2. The number of rotatable bonds is 1. The number of fused-ring (bicyclic) bond motifs is 20. The number of aromatic nitrogens is 8. The first-order valence-corrected chi connectivity index (χ1v) is 18.5. The Morgan fingerprint density at radius 2 is 0.946 bits per heavy atom. The minimum atomic E-state index is -1.05. The van der Waals surface area contributed by atoms with Crippen LogP contribution in [0.3, 0.4) is 0 Å². The van der Waals surface area contributed by atoms with Crippen LogP contribution in [0.2, 0.25) is 0 Å². The van der Waals surface area contributed by atoms with Gasteiger partial charge < -0.3 is 35.0 Å². The minimum Gasteiger partial charge on any atom is -0.478 e. The number of benzene rings is 4. The second-order valence-electron chi connectivity index (χ2n) is 17.5. The molecule has 7 aromatic rings. The van der Waals surface area contributed by atoms with Gasteiger partial charge in [-0.1, -0.05) is 123 Å². The van der Waals surface area contributed by atoms with Crippen molar-refractivity contribution in [2.24, 2.45) is 0 Å². The van der Waals surface area contributed by atoms with Crippen LogP contribution in [0.5, 0.6) is 0 Å². The Balaban J connectivity index is 0.00000441. The van der Waals surface area contributed by atoms with E-state index < -0.39 is 5.97 Å². The maximum absolute atomic E-state index is 12.2. The Labute approximate surface area is 337 Å². The molecule has 0 aliphatic carbocycles. The monoisotopic (exact) mass is 788 g/mol. The maximum Gasteiger partial charge on any atom is 2.00 e. The van der Waals surface area contributed by atoms with Crippen molar-refractivity contribution in [2.75, 3.05) is 0 Å². The Morgan fingerprint density at radius 1 is 0.500 bits per heavy atom. The zero-order valence-corrected chi connectivity index (χ0v) is 36.0. The van der Waals surface area contributed by atoms with Crippen LogP contribution in [0.25, 0.3) is 89.7 Å². The molecule has 2 aliphatic heterocycles. The van der Waals surface area contributed by atoms with Gasteiger partial charge in [-0.05, 0) is 66.6 Å². The van der Waals surface area contributed by atoms with E-state index in [1.54, 1.807) is 18.2 Å². The standard InChI is InChI=1S/C45H41N8O2.Zn/c1-43(2,3)28-16-10-13-24-31(28)39-49-35(24)46-34-23-20-19-22(42(54)55)21-27(23)38(47-34)48-36-25-14-11-17-29(44(4,5)6)32(25)40(50-36)53-41-33-26(37(51-39)52-41)15-12-18-30(33)45(7,8)9;/h10-21H,1-9H3,(H2-,46,47,48,49,50,51,52,53,54,55);/q-1;+2/p-1. The predicted molar refractivity (Wildman–Crippen MR) is 217 cm³/mol. The van der Waals surface area contributed by atoms with Gasteiger partial charge in [0.25, 0.3) is 0 Å². The molecule has 1 N–H and O–H groups in total. The molecule has 5 heterocycles. The molecule has 0 fully saturated rings. The van der Waals surface area contributed by atoms with E-state index in [1.165, 1.54) is 0 Å². The average Bonchev–Trinajstić information content (AvgIpc) is 3.85. The van der Waals surface area contributed by atoms with Crippen molar-refractivity contribution >= 4 is 50.1 Å². The van der Waals surface area contributed by atoms with Gasteiger partial charge in [0, 0.05) is 44.8 Å². The van der Waals surface area contributed by atoms with Crippen LogP contribution in [-0.2, 0) is 35.7 Å². The summed E-state index contributed by atoms with van der Waals surface area (Å²) in [7, 11) is 0. The summed E-state index contributed by atoms with van der Waals surface area (Å²) < 4.78 is 0. The molecule has 0 saturated heterocycles.